The van der Waals surface area contributed by atoms with E-state index in [0.29, 0.717) is 5.75 Å². The van der Waals surface area contributed by atoms with Crippen molar-refractivity contribution >= 4 is 28.3 Å². The van der Waals surface area contributed by atoms with E-state index in [-0.39, 0.29) is 17.8 Å². The summed E-state index contributed by atoms with van der Waals surface area (Å²) in [4.78, 5) is 10.2. The van der Waals surface area contributed by atoms with Crippen molar-refractivity contribution in [2.24, 2.45) is 5.73 Å². The second kappa shape index (κ2) is 5.83. The van der Waals surface area contributed by atoms with E-state index in [0.717, 1.165) is 29.3 Å². The molecule has 1 aliphatic rings. The largest absolute Gasteiger partial charge is 0.489 e. The molecular formula is C12H15IN2O3. The third-order valence-electron chi connectivity index (χ3n) is 3.09. The first-order chi connectivity index (χ1) is 8.56. The molecule has 1 aromatic carbocycles. The third kappa shape index (κ3) is 3.32. The lowest BCUT2D eigenvalue weighted by Gasteiger charge is -2.27. The molecule has 5 nitrogen and oxygen atoms in total. The zero-order chi connectivity index (χ0) is 13.1. The number of halogens is 1. The van der Waals surface area contributed by atoms with Crippen molar-refractivity contribution in [3.63, 3.8) is 0 Å². The molecule has 0 spiro atoms. The summed E-state index contributed by atoms with van der Waals surface area (Å²) in [6.07, 6.45) is 4.11. The van der Waals surface area contributed by atoms with Crippen LogP contribution >= 0.6 is 22.6 Å². The zero-order valence-corrected chi connectivity index (χ0v) is 12.0. The number of rotatable bonds is 3. The fraction of sp³-hybridized carbons (Fsp3) is 0.500. The van der Waals surface area contributed by atoms with Gasteiger partial charge in [-0.25, -0.2) is 0 Å². The molecule has 1 aromatic rings. The van der Waals surface area contributed by atoms with Crippen LogP contribution in [0.5, 0.6) is 5.75 Å². The van der Waals surface area contributed by atoms with E-state index >= 15 is 0 Å². The number of hydrogen-bond donors (Lipinski definition) is 1. The van der Waals surface area contributed by atoms with Crippen LogP contribution in [0.2, 0.25) is 0 Å². The van der Waals surface area contributed by atoms with Gasteiger partial charge >= 0.3 is 0 Å². The molecule has 0 saturated heterocycles. The summed E-state index contributed by atoms with van der Waals surface area (Å²) in [5.41, 5.74) is 6.00. The summed E-state index contributed by atoms with van der Waals surface area (Å²) in [7, 11) is 0. The fourth-order valence-electron chi connectivity index (χ4n) is 2.17. The third-order valence-corrected chi connectivity index (χ3v) is 3.93. The SMILES string of the molecule is NC1CCCC(Oc2ccc([N+](=O)[O-])cc2I)C1. The Labute approximate surface area is 119 Å². The molecule has 2 N–H and O–H groups in total. The number of ether oxygens (including phenoxy) is 1. The van der Waals surface area contributed by atoms with Crippen molar-refractivity contribution < 1.29 is 9.66 Å². The van der Waals surface area contributed by atoms with Gasteiger partial charge in [-0.1, -0.05) is 0 Å². The number of nitrogens with zero attached hydrogens (tertiary/aromatic N) is 1. The minimum absolute atomic E-state index is 0.0899. The summed E-state index contributed by atoms with van der Waals surface area (Å²) in [6, 6.07) is 4.87. The number of nitro groups is 1. The van der Waals surface area contributed by atoms with Crippen molar-refractivity contribution in [3.8, 4) is 5.75 Å². The van der Waals surface area contributed by atoms with Gasteiger partial charge in [-0.05, 0) is 54.3 Å². The number of benzene rings is 1. The van der Waals surface area contributed by atoms with E-state index in [1.54, 1.807) is 6.07 Å². The lowest BCUT2D eigenvalue weighted by atomic mass is 9.93. The maximum Gasteiger partial charge on any atom is 0.270 e. The molecule has 0 amide bonds. The van der Waals surface area contributed by atoms with Crippen molar-refractivity contribution in [3.05, 3.63) is 31.9 Å². The first kappa shape index (κ1) is 13.5. The highest BCUT2D eigenvalue weighted by Gasteiger charge is 2.21. The molecule has 2 rings (SSSR count). The van der Waals surface area contributed by atoms with E-state index in [2.05, 4.69) is 22.6 Å². The fourth-order valence-corrected chi connectivity index (χ4v) is 2.79. The van der Waals surface area contributed by atoms with Gasteiger partial charge in [0, 0.05) is 18.2 Å². The zero-order valence-electron chi connectivity index (χ0n) is 9.84. The van der Waals surface area contributed by atoms with Crippen molar-refractivity contribution in [1.82, 2.24) is 0 Å². The molecule has 0 heterocycles. The molecule has 1 saturated carbocycles. The average Bonchev–Trinajstić information content (AvgIpc) is 2.31. The minimum atomic E-state index is -0.400. The quantitative estimate of drug-likeness (QED) is 0.510. The molecule has 2 atom stereocenters. The Morgan fingerprint density at radius 2 is 2.22 bits per heavy atom. The van der Waals surface area contributed by atoms with Crippen LogP contribution in [0.3, 0.4) is 0 Å². The van der Waals surface area contributed by atoms with Crippen molar-refractivity contribution in [2.75, 3.05) is 0 Å². The van der Waals surface area contributed by atoms with E-state index in [9.17, 15) is 10.1 Å². The Bertz CT molecular complexity index is 453. The number of nitro benzene ring substituents is 1. The van der Waals surface area contributed by atoms with E-state index < -0.39 is 4.92 Å². The Kier molecular flexibility index (Phi) is 4.39. The topological polar surface area (TPSA) is 78.4 Å². The van der Waals surface area contributed by atoms with Gasteiger partial charge in [0.15, 0.2) is 0 Å². The van der Waals surface area contributed by atoms with Gasteiger partial charge in [0.25, 0.3) is 5.69 Å². The van der Waals surface area contributed by atoms with Crippen LogP contribution in [-0.4, -0.2) is 17.1 Å². The second-order valence-electron chi connectivity index (χ2n) is 4.54. The number of hydrogen-bond acceptors (Lipinski definition) is 4. The van der Waals surface area contributed by atoms with E-state index in [1.165, 1.54) is 12.1 Å². The molecular weight excluding hydrogens is 347 g/mol. The van der Waals surface area contributed by atoms with Crippen LogP contribution < -0.4 is 10.5 Å². The highest BCUT2D eigenvalue weighted by atomic mass is 127. The molecule has 1 fully saturated rings. The predicted molar refractivity (Wildman–Crippen MR) is 76.7 cm³/mol. The predicted octanol–water partition coefficient (Wildman–Crippen LogP) is 2.85. The standard InChI is InChI=1S/C12H15IN2O3/c13-11-7-9(15(16)17)4-5-12(11)18-10-3-1-2-8(14)6-10/h4-5,7-8,10H,1-3,6,14H2. The Hall–Kier alpha value is -0.890. The molecule has 6 heteroatoms. The van der Waals surface area contributed by atoms with Gasteiger partial charge in [-0.15, -0.1) is 0 Å². The Balaban J connectivity index is 2.07. The van der Waals surface area contributed by atoms with Gasteiger partial charge in [-0.2, -0.15) is 0 Å². The van der Waals surface area contributed by atoms with E-state index in [4.69, 9.17) is 10.5 Å². The highest BCUT2D eigenvalue weighted by Crippen LogP contribution is 2.29. The number of non-ortho nitro benzene ring substituents is 1. The first-order valence-corrected chi connectivity index (χ1v) is 7.00. The van der Waals surface area contributed by atoms with Crippen LogP contribution in [0, 0.1) is 13.7 Å². The monoisotopic (exact) mass is 362 g/mol. The molecule has 18 heavy (non-hydrogen) atoms. The minimum Gasteiger partial charge on any atom is -0.489 e. The van der Waals surface area contributed by atoms with Crippen molar-refractivity contribution in [1.29, 1.82) is 0 Å². The maximum atomic E-state index is 10.6. The Morgan fingerprint density at radius 1 is 1.44 bits per heavy atom. The van der Waals surface area contributed by atoms with Crippen LogP contribution in [-0.2, 0) is 0 Å². The van der Waals surface area contributed by atoms with Gasteiger partial charge in [0.05, 0.1) is 8.49 Å². The summed E-state index contributed by atoms with van der Waals surface area (Å²) < 4.78 is 6.65. The molecule has 0 bridgehead atoms. The molecule has 0 aromatic heterocycles. The van der Waals surface area contributed by atoms with Gasteiger partial charge in [-0.3, -0.25) is 10.1 Å². The second-order valence-corrected chi connectivity index (χ2v) is 5.70. The smallest absolute Gasteiger partial charge is 0.270 e. The summed E-state index contributed by atoms with van der Waals surface area (Å²) in [6.45, 7) is 0. The highest BCUT2D eigenvalue weighted by molar-refractivity contribution is 14.1. The molecule has 2 unspecified atom stereocenters. The number of nitrogens with two attached hydrogens (primary N) is 1. The van der Waals surface area contributed by atoms with Gasteiger partial charge in [0.2, 0.25) is 0 Å². The van der Waals surface area contributed by atoms with Crippen LogP contribution in [0.1, 0.15) is 25.7 Å². The van der Waals surface area contributed by atoms with Crippen LogP contribution in [0.25, 0.3) is 0 Å². The first-order valence-electron chi connectivity index (χ1n) is 5.92. The summed E-state index contributed by atoms with van der Waals surface area (Å²) in [5.74, 6) is 0.709. The maximum absolute atomic E-state index is 10.6. The lowest BCUT2D eigenvalue weighted by Crippen LogP contribution is -2.33. The van der Waals surface area contributed by atoms with Crippen LogP contribution in [0.15, 0.2) is 18.2 Å². The van der Waals surface area contributed by atoms with Gasteiger partial charge in [0.1, 0.15) is 11.9 Å². The van der Waals surface area contributed by atoms with Gasteiger partial charge < -0.3 is 10.5 Å². The molecule has 0 aliphatic heterocycles. The average molecular weight is 362 g/mol. The molecule has 98 valence electrons. The molecule has 0 radical (unpaired) electrons. The van der Waals surface area contributed by atoms with Crippen LogP contribution in [0.4, 0.5) is 5.69 Å². The summed E-state index contributed by atoms with van der Waals surface area (Å²) in [5, 5.41) is 10.6. The van der Waals surface area contributed by atoms with E-state index in [1.807, 2.05) is 0 Å². The summed E-state index contributed by atoms with van der Waals surface area (Å²) >= 11 is 2.06. The normalized spacial score (nSPS) is 23.7. The lowest BCUT2D eigenvalue weighted by molar-refractivity contribution is -0.385. The molecule has 1 aliphatic carbocycles. The Morgan fingerprint density at radius 3 is 2.83 bits per heavy atom. The van der Waals surface area contributed by atoms with Crippen molar-refractivity contribution in [2.45, 2.75) is 37.8 Å².